The largest absolute Gasteiger partial charge is 0.271 e. The minimum atomic E-state index is -0.163. The lowest BCUT2D eigenvalue weighted by atomic mass is 9.94. The molecule has 3 N–H and O–H groups in total. The Morgan fingerprint density at radius 3 is 2.74 bits per heavy atom. The molecule has 3 heteroatoms. The molecule has 1 aromatic carbocycles. The number of halogens is 1. The fourth-order valence-corrected chi connectivity index (χ4v) is 3.13. The summed E-state index contributed by atoms with van der Waals surface area (Å²) in [5, 5.41) is 0. The molecule has 1 aromatic rings. The average Bonchev–Trinajstić information content (AvgIpc) is 2.90. The second kappa shape index (κ2) is 7.01. The standard InChI is InChI=1S/C16H25FN2/c1-12-10-15(17)8-7-14(12)11-16(19-18)9-6-13-4-2-3-5-13/h7-8,10,13,16,19H,2-6,9,11,18H2,1H3. The highest BCUT2D eigenvalue weighted by Crippen LogP contribution is 2.29. The predicted molar refractivity (Wildman–Crippen MR) is 77.1 cm³/mol. The summed E-state index contributed by atoms with van der Waals surface area (Å²) in [6.45, 7) is 1.96. The summed E-state index contributed by atoms with van der Waals surface area (Å²) in [6, 6.07) is 5.31. The van der Waals surface area contributed by atoms with Gasteiger partial charge >= 0.3 is 0 Å². The molecule has 1 fully saturated rings. The van der Waals surface area contributed by atoms with Gasteiger partial charge in [0.05, 0.1) is 0 Å². The lowest BCUT2D eigenvalue weighted by Crippen LogP contribution is -2.37. The zero-order valence-electron chi connectivity index (χ0n) is 11.8. The van der Waals surface area contributed by atoms with E-state index in [2.05, 4.69) is 5.43 Å². The maximum Gasteiger partial charge on any atom is 0.123 e. The van der Waals surface area contributed by atoms with Gasteiger partial charge in [0.1, 0.15) is 5.82 Å². The Bertz CT molecular complexity index is 400. The smallest absolute Gasteiger partial charge is 0.123 e. The third kappa shape index (κ3) is 4.29. The molecule has 0 aromatic heterocycles. The molecule has 0 amide bonds. The van der Waals surface area contributed by atoms with Gasteiger partial charge in [-0.15, -0.1) is 0 Å². The van der Waals surface area contributed by atoms with Crippen LogP contribution in [-0.2, 0) is 6.42 Å². The molecule has 0 aliphatic heterocycles. The van der Waals surface area contributed by atoms with Crippen LogP contribution in [0.4, 0.5) is 4.39 Å². The van der Waals surface area contributed by atoms with Crippen molar-refractivity contribution in [2.75, 3.05) is 0 Å². The molecule has 1 atom stereocenters. The van der Waals surface area contributed by atoms with Gasteiger partial charge in [0.15, 0.2) is 0 Å². The molecule has 0 saturated heterocycles. The van der Waals surface area contributed by atoms with Gasteiger partial charge in [-0.3, -0.25) is 11.3 Å². The second-order valence-corrected chi connectivity index (χ2v) is 5.87. The molecular weight excluding hydrogens is 239 g/mol. The van der Waals surface area contributed by atoms with Gasteiger partial charge in [0.25, 0.3) is 0 Å². The Morgan fingerprint density at radius 2 is 2.11 bits per heavy atom. The van der Waals surface area contributed by atoms with E-state index in [0.717, 1.165) is 24.3 Å². The predicted octanol–water partition coefficient (Wildman–Crippen LogP) is 3.48. The van der Waals surface area contributed by atoms with Crippen LogP contribution in [-0.4, -0.2) is 6.04 Å². The number of hydrogen-bond acceptors (Lipinski definition) is 2. The summed E-state index contributed by atoms with van der Waals surface area (Å²) in [4.78, 5) is 0. The molecule has 2 nitrogen and oxygen atoms in total. The van der Waals surface area contributed by atoms with Gasteiger partial charge in [-0.2, -0.15) is 0 Å². The van der Waals surface area contributed by atoms with E-state index in [1.54, 1.807) is 6.07 Å². The first kappa shape index (κ1) is 14.5. The van der Waals surface area contributed by atoms with E-state index in [-0.39, 0.29) is 5.82 Å². The van der Waals surface area contributed by atoms with Crippen molar-refractivity contribution in [3.63, 3.8) is 0 Å². The van der Waals surface area contributed by atoms with Crippen LogP contribution in [0.15, 0.2) is 18.2 Å². The van der Waals surface area contributed by atoms with Gasteiger partial charge in [0, 0.05) is 6.04 Å². The summed E-state index contributed by atoms with van der Waals surface area (Å²) in [5.41, 5.74) is 5.13. The fourth-order valence-electron chi connectivity index (χ4n) is 3.13. The van der Waals surface area contributed by atoms with Crippen LogP contribution < -0.4 is 11.3 Å². The first-order chi connectivity index (χ1) is 9.19. The number of aryl methyl sites for hydroxylation is 1. The first-order valence-corrected chi connectivity index (χ1v) is 7.40. The molecule has 1 aliphatic carbocycles. The monoisotopic (exact) mass is 264 g/mol. The molecule has 0 bridgehead atoms. The van der Waals surface area contributed by atoms with Crippen LogP contribution >= 0.6 is 0 Å². The van der Waals surface area contributed by atoms with E-state index >= 15 is 0 Å². The lowest BCUT2D eigenvalue weighted by molar-refractivity contribution is 0.406. The molecule has 1 saturated carbocycles. The SMILES string of the molecule is Cc1cc(F)ccc1CC(CCC1CCCC1)NN. The van der Waals surface area contributed by atoms with Gasteiger partial charge < -0.3 is 0 Å². The second-order valence-electron chi connectivity index (χ2n) is 5.87. The topological polar surface area (TPSA) is 38.0 Å². The van der Waals surface area contributed by atoms with Crippen LogP contribution in [0.3, 0.4) is 0 Å². The van der Waals surface area contributed by atoms with Crippen molar-refractivity contribution in [1.82, 2.24) is 5.43 Å². The Labute approximate surface area is 115 Å². The highest BCUT2D eigenvalue weighted by molar-refractivity contribution is 5.27. The Kier molecular flexibility index (Phi) is 5.34. The van der Waals surface area contributed by atoms with Crippen molar-refractivity contribution >= 4 is 0 Å². The van der Waals surface area contributed by atoms with Crippen molar-refractivity contribution in [1.29, 1.82) is 0 Å². The molecular formula is C16H25FN2. The van der Waals surface area contributed by atoms with Crippen molar-refractivity contribution in [2.45, 2.75) is 57.9 Å². The summed E-state index contributed by atoms with van der Waals surface area (Å²) in [7, 11) is 0. The number of benzene rings is 1. The van der Waals surface area contributed by atoms with E-state index in [4.69, 9.17) is 5.84 Å². The third-order valence-electron chi connectivity index (χ3n) is 4.40. The maximum absolute atomic E-state index is 13.1. The highest BCUT2D eigenvalue weighted by atomic mass is 19.1. The zero-order chi connectivity index (χ0) is 13.7. The van der Waals surface area contributed by atoms with Crippen molar-refractivity contribution in [3.05, 3.63) is 35.1 Å². The number of hydrazine groups is 1. The van der Waals surface area contributed by atoms with E-state index in [0.29, 0.717) is 6.04 Å². The highest BCUT2D eigenvalue weighted by Gasteiger charge is 2.17. The Morgan fingerprint density at radius 1 is 1.37 bits per heavy atom. The van der Waals surface area contributed by atoms with E-state index in [1.807, 2.05) is 13.0 Å². The zero-order valence-corrected chi connectivity index (χ0v) is 11.8. The van der Waals surface area contributed by atoms with Crippen molar-refractivity contribution < 1.29 is 4.39 Å². The Hall–Kier alpha value is -0.930. The summed E-state index contributed by atoms with van der Waals surface area (Å²) >= 11 is 0. The van der Waals surface area contributed by atoms with Crippen molar-refractivity contribution in [2.24, 2.45) is 11.8 Å². The number of nitrogens with one attached hydrogen (secondary N) is 1. The van der Waals surface area contributed by atoms with Gasteiger partial charge in [-0.1, -0.05) is 31.7 Å². The quantitative estimate of drug-likeness (QED) is 0.610. The van der Waals surface area contributed by atoms with E-state index in [9.17, 15) is 4.39 Å². The molecule has 1 unspecified atom stereocenters. The maximum atomic E-state index is 13.1. The van der Waals surface area contributed by atoms with Gasteiger partial charge in [-0.05, 0) is 55.4 Å². The van der Waals surface area contributed by atoms with E-state index < -0.39 is 0 Å². The van der Waals surface area contributed by atoms with Gasteiger partial charge in [-0.25, -0.2) is 4.39 Å². The van der Waals surface area contributed by atoms with Crippen molar-refractivity contribution in [3.8, 4) is 0 Å². The molecule has 106 valence electrons. The minimum Gasteiger partial charge on any atom is -0.271 e. The Balaban J connectivity index is 1.86. The molecule has 2 rings (SSSR count). The first-order valence-electron chi connectivity index (χ1n) is 7.40. The van der Waals surface area contributed by atoms with Crippen LogP contribution in [0, 0.1) is 18.7 Å². The normalized spacial score (nSPS) is 17.8. The van der Waals surface area contributed by atoms with Crippen LogP contribution in [0.2, 0.25) is 0 Å². The number of nitrogens with two attached hydrogens (primary N) is 1. The molecule has 0 spiro atoms. The summed E-state index contributed by atoms with van der Waals surface area (Å²) in [5.74, 6) is 6.39. The van der Waals surface area contributed by atoms with Crippen LogP contribution in [0.25, 0.3) is 0 Å². The lowest BCUT2D eigenvalue weighted by Gasteiger charge is -2.19. The molecule has 0 heterocycles. The molecule has 19 heavy (non-hydrogen) atoms. The molecule has 1 aliphatic rings. The van der Waals surface area contributed by atoms with E-state index in [1.165, 1.54) is 43.7 Å². The third-order valence-corrected chi connectivity index (χ3v) is 4.40. The fraction of sp³-hybridized carbons (Fsp3) is 0.625. The molecule has 0 radical (unpaired) electrons. The average molecular weight is 264 g/mol. The summed E-state index contributed by atoms with van der Waals surface area (Å²) < 4.78 is 13.1. The number of rotatable bonds is 6. The van der Waals surface area contributed by atoms with Gasteiger partial charge in [0.2, 0.25) is 0 Å². The van der Waals surface area contributed by atoms with Crippen LogP contribution in [0.1, 0.15) is 49.7 Å². The number of hydrogen-bond donors (Lipinski definition) is 2. The van der Waals surface area contributed by atoms with Crippen LogP contribution in [0.5, 0.6) is 0 Å². The summed E-state index contributed by atoms with van der Waals surface area (Å²) in [6.07, 6.45) is 8.80. The minimum absolute atomic E-state index is 0.163.